The minimum absolute atomic E-state index is 0.00523. The molecule has 0 saturated carbocycles. The van der Waals surface area contributed by atoms with E-state index in [1.807, 2.05) is 0 Å². The fraction of sp³-hybridized carbons (Fsp3) is 0.556. The van der Waals surface area contributed by atoms with Crippen LogP contribution in [0, 0.1) is 0 Å². The molecule has 1 saturated heterocycles. The molecule has 1 amide bonds. The molecule has 0 aliphatic carbocycles. The van der Waals surface area contributed by atoms with E-state index in [4.69, 9.17) is 4.74 Å². The SMILES string of the molecule is CN(C(=O)[C@H]1CCCO1)c1ncc(Br)s1. The van der Waals surface area contributed by atoms with Crippen LogP contribution in [0.2, 0.25) is 0 Å². The van der Waals surface area contributed by atoms with Gasteiger partial charge in [-0.1, -0.05) is 11.3 Å². The van der Waals surface area contributed by atoms with E-state index >= 15 is 0 Å². The lowest BCUT2D eigenvalue weighted by molar-refractivity contribution is -0.127. The largest absolute Gasteiger partial charge is 0.368 e. The smallest absolute Gasteiger partial charge is 0.257 e. The maximum absolute atomic E-state index is 11.9. The normalized spacial score (nSPS) is 20.5. The second-order valence-electron chi connectivity index (χ2n) is 3.35. The summed E-state index contributed by atoms with van der Waals surface area (Å²) in [7, 11) is 1.73. The minimum Gasteiger partial charge on any atom is -0.368 e. The fourth-order valence-corrected chi connectivity index (χ4v) is 2.63. The van der Waals surface area contributed by atoms with Crippen LogP contribution in [0.5, 0.6) is 0 Å². The summed E-state index contributed by atoms with van der Waals surface area (Å²) in [5.74, 6) is -0.00523. The maximum Gasteiger partial charge on any atom is 0.257 e. The zero-order valence-corrected chi connectivity index (χ0v) is 10.7. The third-order valence-corrected chi connectivity index (χ3v) is 3.84. The molecular formula is C9H11BrN2O2S. The summed E-state index contributed by atoms with van der Waals surface area (Å²) in [6.07, 6.45) is 3.19. The molecule has 0 unspecified atom stereocenters. The van der Waals surface area contributed by atoms with Crippen LogP contribution in [0.25, 0.3) is 0 Å². The summed E-state index contributed by atoms with van der Waals surface area (Å²) < 4.78 is 6.26. The average molecular weight is 291 g/mol. The van der Waals surface area contributed by atoms with Crippen LogP contribution in [0.15, 0.2) is 9.98 Å². The predicted octanol–water partition coefficient (Wildman–Crippen LogP) is 2.05. The van der Waals surface area contributed by atoms with Crippen molar-refractivity contribution in [1.82, 2.24) is 4.98 Å². The number of rotatable bonds is 2. The van der Waals surface area contributed by atoms with E-state index in [9.17, 15) is 4.79 Å². The number of amides is 1. The maximum atomic E-state index is 11.9. The summed E-state index contributed by atoms with van der Waals surface area (Å²) >= 11 is 4.76. The summed E-state index contributed by atoms with van der Waals surface area (Å²) in [6, 6.07) is 0. The van der Waals surface area contributed by atoms with Gasteiger partial charge in [-0.3, -0.25) is 9.69 Å². The molecule has 15 heavy (non-hydrogen) atoms. The molecule has 1 atom stereocenters. The van der Waals surface area contributed by atoms with Gasteiger partial charge in [0.2, 0.25) is 0 Å². The highest BCUT2D eigenvalue weighted by Gasteiger charge is 2.28. The number of ether oxygens (including phenoxy) is 1. The Bertz CT molecular complexity index is 363. The Labute approximate surface area is 100 Å². The lowest BCUT2D eigenvalue weighted by atomic mass is 10.2. The van der Waals surface area contributed by atoms with Gasteiger partial charge in [-0.25, -0.2) is 4.98 Å². The van der Waals surface area contributed by atoms with Crippen LogP contribution < -0.4 is 4.90 Å². The Balaban J connectivity index is 2.06. The van der Waals surface area contributed by atoms with Crippen molar-refractivity contribution >= 4 is 38.3 Å². The van der Waals surface area contributed by atoms with Crippen molar-refractivity contribution in [3.63, 3.8) is 0 Å². The first-order valence-electron chi connectivity index (χ1n) is 4.69. The van der Waals surface area contributed by atoms with Crippen LogP contribution in [0.4, 0.5) is 5.13 Å². The van der Waals surface area contributed by atoms with Gasteiger partial charge in [-0.15, -0.1) is 0 Å². The minimum atomic E-state index is -0.280. The van der Waals surface area contributed by atoms with Crippen molar-refractivity contribution in [2.24, 2.45) is 0 Å². The van der Waals surface area contributed by atoms with Gasteiger partial charge in [0.25, 0.3) is 5.91 Å². The monoisotopic (exact) mass is 290 g/mol. The van der Waals surface area contributed by atoms with E-state index in [-0.39, 0.29) is 12.0 Å². The highest BCUT2D eigenvalue weighted by molar-refractivity contribution is 9.11. The molecule has 0 aromatic carbocycles. The number of hydrogen-bond donors (Lipinski definition) is 0. The van der Waals surface area contributed by atoms with E-state index < -0.39 is 0 Å². The lowest BCUT2D eigenvalue weighted by Gasteiger charge is -2.17. The first kappa shape index (κ1) is 11.0. The molecule has 1 aliphatic heterocycles. The molecule has 0 radical (unpaired) electrons. The number of carbonyl (C=O) groups excluding carboxylic acids is 1. The van der Waals surface area contributed by atoms with E-state index in [1.54, 1.807) is 18.1 Å². The number of carbonyl (C=O) groups is 1. The number of likely N-dealkylation sites (N-methyl/N-ethyl adjacent to an activating group) is 1. The van der Waals surface area contributed by atoms with Crippen LogP contribution in [0.1, 0.15) is 12.8 Å². The van der Waals surface area contributed by atoms with Gasteiger partial charge in [0, 0.05) is 13.7 Å². The van der Waals surface area contributed by atoms with E-state index in [2.05, 4.69) is 20.9 Å². The Morgan fingerprint density at radius 3 is 3.13 bits per heavy atom. The number of thiazole rings is 1. The molecule has 4 nitrogen and oxygen atoms in total. The Morgan fingerprint density at radius 1 is 1.80 bits per heavy atom. The average Bonchev–Trinajstić information content (AvgIpc) is 2.85. The Morgan fingerprint density at radius 2 is 2.60 bits per heavy atom. The molecule has 1 fully saturated rings. The van der Waals surface area contributed by atoms with Crippen molar-refractivity contribution in [3.05, 3.63) is 9.98 Å². The molecule has 2 rings (SSSR count). The summed E-state index contributed by atoms with van der Waals surface area (Å²) in [6.45, 7) is 0.686. The van der Waals surface area contributed by atoms with Gasteiger partial charge >= 0.3 is 0 Å². The highest BCUT2D eigenvalue weighted by Crippen LogP contribution is 2.27. The molecule has 0 spiro atoms. The van der Waals surface area contributed by atoms with Crippen molar-refractivity contribution < 1.29 is 9.53 Å². The van der Waals surface area contributed by atoms with Crippen LogP contribution >= 0.6 is 27.3 Å². The molecule has 6 heteroatoms. The number of hydrogen-bond acceptors (Lipinski definition) is 4. The third kappa shape index (κ3) is 2.38. The van der Waals surface area contributed by atoms with E-state index in [0.717, 1.165) is 16.6 Å². The van der Waals surface area contributed by atoms with Crippen LogP contribution in [0.3, 0.4) is 0 Å². The molecule has 1 aromatic rings. The predicted molar refractivity (Wildman–Crippen MR) is 62.2 cm³/mol. The van der Waals surface area contributed by atoms with E-state index in [0.29, 0.717) is 11.7 Å². The van der Waals surface area contributed by atoms with Crippen molar-refractivity contribution in [3.8, 4) is 0 Å². The first-order valence-corrected chi connectivity index (χ1v) is 6.30. The van der Waals surface area contributed by atoms with E-state index in [1.165, 1.54) is 11.3 Å². The van der Waals surface area contributed by atoms with Gasteiger partial charge in [0.1, 0.15) is 6.10 Å². The molecule has 0 N–H and O–H groups in total. The van der Waals surface area contributed by atoms with Gasteiger partial charge in [-0.05, 0) is 28.8 Å². The van der Waals surface area contributed by atoms with Gasteiger partial charge in [0.15, 0.2) is 5.13 Å². The number of nitrogens with zero attached hydrogens (tertiary/aromatic N) is 2. The van der Waals surface area contributed by atoms with Crippen LogP contribution in [-0.4, -0.2) is 30.6 Å². The highest BCUT2D eigenvalue weighted by atomic mass is 79.9. The second-order valence-corrected chi connectivity index (χ2v) is 5.73. The summed E-state index contributed by atoms with van der Waals surface area (Å²) in [4.78, 5) is 17.6. The molecule has 82 valence electrons. The zero-order chi connectivity index (χ0) is 10.8. The molecule has 1 aliphatic rings. The summed E-state index contributed by atoms with van der Waals surface area (Å²) in [5, 5.41) is 0.697. The topological polar surface area (TPSA) is 42.4 Å². The quantitative estimate of drug-likeness (QED) is 0.837. The van der Waals surface area contributed by atoms with Gasteiger partial charge in [0.05, 0.1) is 9.98 Å². The Hall–Kier alpha value is -0.460. The standard InChI is InChI=1S/C9H11BrN2O2S/c1-12(9-11-5-7(10)15-9)8(13)6-3-2-4-14-6/h5-6H,2-4H2,1H3/t6-/m1/s1. The Kier molecular flexibility index (Phi) is 3.38. The lowest BCUT2D eigenvalue weighted by Crippen LogP contribution is -2.35. The molecular weight excluding hydrogens is 280 g/mol. The second kappa shape index (κ2) is 4.59. The van der Waals surface area contributed by atoms with Crippen LogP contribution in [-0.2, 0) is 9.53 Å². The number of anilines is 1. The zero-order valence-electron chi connectivity index (χ0n) is 8.27. The van der Waals surface area contributed by atoms with Crippen molar-refractivity contribution in [2.75, 3.05) is 18.6 Å². The summed E-state index contributed by atoms with van der Waals surface area (Å²) in [5.41, 5.74) is 0. The molecule has 2 heterocycles. The first-order chi connectivity index (χ1) is 7.18. The number of halogens is 1. The third-order valence-electron chi connectivity index (χ3n) is 2.29. The van der Waals surface area contributed by atoms with Crippen molar-refractivity contribution in [2.45, 2.75) is 18.9 Å². The molecule has 0 bridgehead atoms. The van der Waals surface area contributed by atoms with Gasteiger partial charge in [-0.2, -0.15) is 0 Å². The van der Waals surface area contributed by atoms with Gasteiger partial charge < -0.3 is 4.74 Å². The number of aromatic nitrogens is 1. The molecule has 1 aromatic heterocycles. The van der Waals surface area contributed by atoms with Crippen molar-refractivity contribution in [1.29, 1.82) is 0 Å². The fourth-order valence-electron chi connectivity index (χ4n) is 1.48.